The van der Waals surface area contributed by atoms with Gasteiger partial charge >= 0.3 is 4.84 Å². The van der Waals surface area contributed by atoms with Gasteiger partial charge in [-0.1, -0.05) is 12.1 Å². The lowest BCUT2D eigenvalue weighted by molar-refractivity contribution is 0.399. The molecule has 72 valence electrons. The van der Waals surface area contributed by atoms with Crippen molar-refractivity contribution < 1.29 is 8.91 Å². The number of rotatable bonds is 2. The summed E-state index contributed by atoms with van der Waals surface area (Å²) in [5.74, 6) is 0.338. The third kappa shape index (κ3) is 2.05. The summed E-state index contributed by atoms with van der Waals surface area (Å²) in [5, 5.41) is 2.56. The van der Waals surface area contributed by atoms with Crippen LogP contribution in [0.25, 0.3) is 0 Å². The normalized spacial score (nSPS) is 10.4. The van der Waals surface area contributed by atoms with E-state index in [1.54, 1.807) is 6.07 Å². The molecule has 0 unspecified atom stereocenters. The second kappa shape index (κ2) is 3.71. The molecule has 0 aliphatic heterocycles. The van der Waals surface area contributed by atoms with Crippen LogP contribution in [0.15, 0.2) is 28.8 Å². The second-order valence-electron chi connectivity index (χ2n) is 2.84. The predicted molar refractivity (Wildman–Crippen MR) is 50.9 cm³/mol. The molecule has 0 aliphatic rings. The van der Waals surface area contributed by atoms with Crippen LogP contribution in [-0.4, -0.2) is 10.1 Å². The molecule has 1 aromatic heterocycles. The molecule has 5 heteroatoms. The van der Waals surface area contributed by atoms with E-state index in [1.807, 2.05) is 6.07 Å². The smallest absolute Gasteiger partial charge is 0.314 e. The highest BCUT2D eigenvalue weighted by molar-refractivity contribution is 7.71. The number of aromatic amines is 1. The van der Waals surface area contributed by atoms with Gasteiger partial charge in [-0.3, -0.25) is 0 Å². The van der Waals surface area contributed by atoms with Crippen molar-refractivity contribution in [2.24, 2.45) is 0 Å². The first-order valence-corrected chi connectivity index (χ1v) is 4.44. The van der Waals surface area contributed by atoms with Crippen LogP contribution in [0, 0.1) is 10.7 Å². The van der Waals surface area contributed by atoms with Crippen LogP contribution in [0.5, 0.6) is 0 Å². The fraction of sp³-hybridized carbons (Fsp3) is 0.111. The molecule has 1 aromatic carbocycles. The molecule has 0 radical (unpaired) electrons. The fourth-order valence-corrected chi connectivity index (χ4v) is 1.33. The van der Waals surface area contributed by atoms with Gasteiger partial charge in [0, 0.05) is 6.42 Å². The predicted octanol–water partition coefficient (Wildman–Crippen LogP) is 2.46. The van der Waals surface area contributed by atoms with Crippen molar-refractivity contribution in [3.8, 4) is 0 Å². The molecule has 0 aliphatic carbocycles. The molecular weight excluding hydrogens is 203 g/mol. The molecule has 0 fully saturated rings. The molecule has 0 amide bonds. The number of nitrogens with one attached hydrogen (secondary N) is 1. The van der Waals surface area contributed by atoms with E-state index in [-0.39, 0.29) is 10.7 Å². The topological polar surface area (TPSA) is 41.8 Å². The van der Waals surface area contributed by atoms with E-state index >= 15 is 0 Å². The highest BCUT2D eigenvalue weighted by Gasteiger charge is 2.01. The average Bonchev–Trinajstić information content (AvgIpc) is 2.51. The Balaban J connectivity index is 2.22. The third-order valence-electron chi connectivity index (χ3n) is 1.74. The maximum atomic E-state index is 12.8. The van der Waals surface area contributed by atoms with Crippen LogP contribution >= 0.6 is 12.2 Å². The highest BCUT2D eigenvalue weighted by atomic mass is 32.1. The lowest BCUT2D eigenvalue weighted by Gasteiger charge is -1.96. The molecule has 0 saturated heterocycles. The Labute approximate surface area is 84.6 Å². The molecular formula is C9H7FN2OS. The standard InChI is InChI=1S/C9H7FN2OS/c10-7-3-1-2-6(4-7)5-8-11-9(14)13-12-8/h1-4H,5H2,(H,11,12,14). The largest absolute Gasteiger partial charge is 0.348 e. The molecule has 2 aromatic rings. The van der Waals surface area contributed by atoms with Crippen LogP contribution in [-0.2, 0) is 6.42 Å². The van der Waals surface area contributed by atoms with Crippen LogP contribution in [0.3, 0.4) is 0 Å². The van der Waals surface area contributed by atoms with Gasteiger partial charge in [0.2, 0.25) is 0 Å². The van der Waals surface area contributed by atoms with E-state index < -0.39 is 0 Å². The van der Waals surface area contributed by atoms with Gasteiger partial charge in [0.15, 0.2) is 0 Å². The van der Waals surface area contributed by atoms with E-state index in [4.69, 9.17) is 16.7 Å². The van der Waals surface area contributed by atoms with Gasteiger partial charge in [-0.05, 0) is 29.9 Å². The summed E-state index contributed by atoms with van der Waals surface area (Å²) in [5.41, 5.74) is 0.824. The van der Waals surface area contributed by atoms with Gasteiger partial charge in [0.05, 0.1) is 0 Å². The molecule has 1 heterocycles. The van der Waals surface area contributed by atoms with Gasteiger partial charge < -0.3 is 4.52 Å². The fourth-order valence-electron chi connectivity index (χ4n) is 1.17. The Morgan fingerprint density at radius 3 is 3.00 bits per heavy atom. The maximum absolute atomic E-state index is 12.8. The number of hydrogen-bond acceptors (Lipinski definition) is 3. The Bertz CT molecular complexity index is 491. The molecule has 0 saturated carbocycles. The summed E-state index contributed by atoms with van der Waals surface area (Å²) >= 11 is 4.69. The van der Waals surface area contributed by atoms with Crippen LogP contribution in [0.4, 0.5) is 4.39 Å². The van der Waals surface area contributed by atoms with E-state index in [0.29, 0.717) is 12.2 Å². The Kier molecular flexibility index (Phi) is 2.41. The average molecular weight is 210 g/mol. The van der Waals surface area contributed by atoms with E-state index in [9.17, 15) is 4.39 Å². The first-order valence-electron chi connectivity index (χ1n) is 4.03. The third-order valence-corrected chi connectivity index (χ3v) is 1.92. The summed E-state index contributed by atoms with van der Waals surface area (Å²) in [4.78, 5) is 4.07. The Morgan fingerprint density at radius 2 is 2.36 bits per heavy atom. The van der Waals surface area contributed by atoms with Gasteiger partial charge in [-0.25, -0.2) is 9.55 Å². The van der Waals surface area contributed by atoms with E-state index in [1.165, 1.54) is 12.1 Å². The number of halogens is 1. The molecule has 14 heavy (non-hydrogen) atoms. The summed E-state index contributed by atoms with van der Waals surface area (Å²) in [6, 6.07) is 6.31. The minimum absolute atomic E-state index is 0.163. The summed E-state index contributed by atoms with van der Waals surface area (Å²) in [7, 11) is 0. The molecule has 3 nitrogen and oxygen atoms in total. The number of benzene rings is 1. The molecule has 0 bridgehead atoms. The zero-order valence-electron chi connectivity index (χ0n) is 7.16. The first kappa shape index (κ1) is 9.08. The Hall–Kier alpha value is -1.49. The van der Waals surface area contributed by atoms with Gasteiger partial charge in [-0.2, -0.15) is 4.98 Å². The molecule has 0 atom stereocenters. The molecule has 1 N–H and O–H groups in total. The lowest BCUT2D eigenvalue weighted by atomic mass is 10.1. The minimum atomic E-state index is -0.260. The number of nitrogens with zero attached hydrogens (tertiary/aromatic N) is 1. The molecule has 0 spiro atoms. The van der Waals surface area contributed by atoms with Crippen LogP contribution < -0.4 is 0 Å². The zero-order valence-corrected chi connectivity index (χ0v) is 7.97. The number of hydrogen-bond donors (Lipinski definition) is 1. The van der Waals surface area contributed by atoms with Crippen LogP contribution in [0.1, 0.15) is 11.4 Å². The second-order valence-corrected chi connectivity index (χ2v) is 3.18. The lowest BCUT2D eigenvalue weighted by Crippen LogP contribution is -1.90. The van der Waals surface area contributed by atoms with Crippen molar-refractivity contribution in [2.75, 3.05) is 0 Å². The van der Waals surface area contributed by atoms with Gasteiger partial charge in [0.1, 0.15) is 11.6 Å². The monoisotopic (exact) mass is 210 g/mol. The number of aromatic nitrogens is 2. The minimum Gasteiger partial charge on any atom is -0.348 e. The SMILES string of the molecule is Fc1cccc(Cc2nc(=S)o[nH]2)c1. The highest BCUT2D eigenvalue weighted by Crippen LogP contribution is 2.07. The van der Waals surface area contributed by atoms with Crippen molar-refractivity contribution in [1.82, 2.24) is 10.1 Å². The van der Waals surface area contributed by atoms with Gasteiger partial charge in [0.25, 0.3) is 0 Å². The van der Waals surface area contributed by atoms with Crippen LogP contribution in [0.2, 0.25) is 0 Å². The van der Waals surface area contributed by atoms with E-state index in [0.717, 1.165) is 5.56 Å². The van der Waals surface area contributed by atoms with Crippen molar-refractivity contribution in [2.45, 2.75) is 6.42 Å². The summed E-state index contributed by atoms with van der Waals surface area (Å²) in [6.07, 6.45) is 0.484. The maximum Gasteiger partial charge on any atom is 0.314 e. The first-order chi connectivity index (χ1) is 6.74. The van der Waals surface area contributed by atoms with E-state index in [2.05, 4.69) is 10.1 Å². The zero-order chi connectivity index (χ0) is 9.97. The quantitative estimate of drug-likeness (QED) is 0.774. The summed E-state index contributed by atoms with van der Waals surface area (Å²) < 4.78 is 17.6. The van der Waals surface area contributed by atoms with Crippen molar-refractivity contribution >= 4 is 12.2 Å². The van der Waals surface area contributed by atoms with Crippen molar-refractivity contribution in [1.29, 1.82) is 0 Å². The summed E-state index contributed by atoms with van der Waals surface area (Å²) in [6.45, 7) is 0. The van der Waals surface area contributed by atoms with Crippen molar-refractivity contribution in [3.63, 3.8) is 0 Å². The van der Waals surface area contributed by atoms with Gasteiger partial charge in [-0.15, -0.1) is 0 Å². The number of H-pyrrole nitrogens is 1. The molecule has 2 rings (SSSR count). The van der Waals surface area contributed by atoms with Crippen molar-refractivity contribution in [3.05, 3.63) is 46.3 Å². The Morgan fingerprint density at radius 1 is 1.50 bits per heavy atom.